The van der Waals surface area contributed by atoms with E-state index >= 15 is 0 Å². The van der Waals surface area contributed by atoms with Gasteiger partial charge in [-0.3, -0.25) is 4.79 Å². The zero-order valence-corrected chi connectivity index (χ0v) is 13.2. The zero-order chi connectivity index (χ0) is 16.0. The van der Waals surface area contributed by atoms with Crippen LogP contribution in [0.5, 0.6) is 0 Å². The van der Waals surface area contributed by atoms with Crippen LogP contribution in [-0.4, -0.2) is 23.2 Å². The van der Waals surface area contributed by atoms with Crippen LogP contribution in [0.3, 0.4) is 0 Å². The molecule has 3 nitrogen and oxygen atoms in total. The summed E-state index contributed by atoms with van der Waals surface area (Å²) in [6, 6.07) is 17.5. The van der Waals surface area contributed by atoms with Crippen LogP contribution < -0.4 is 5.32 Å². The minimum Gasteiger partial charge on any atom is -0.388 e. The Bertz CT molecular complexity index is 620. The third-order valence-corrected chi connectivity index (χ3v) is 3.71. The van der Waals surface area contributed by atoms with E-state index in [9.17, 15) is 9.90 Å². The topological polar surface area (TPSA) is 49.3 Å². The second-order valence-corrected chi connectivity index (χ2v) is 6.03. The lowest BCUT2D eigenvalue weighted by Crippen LogP contribution is -2.41. The molecule has 0 saturated heterocycles. The first kappa shape index (κ1) is 16.2. The Kier molecular flexibility index (Phi) is 5.34. The maximum atomic E-state index is 12.1. The smallest absolute Gasteiger partial charge is 0.251 e. The highest BCUT2D eigenvalue weighted by Gasteiger charge is 2.21. The molecule has 116 valence electrons. The number of carbonyl (C=O) groups excluding carboxylic acids is 1. The fraction of sp³-hybridized carbons (Fsp3) is 0.316. The van der Waals surface area contributed by atoms with E-state index in [1.54, 1.807) is 13.0 Å². The number of nitrogens with one attached hydrogen (secondary N) is 1. The molecule has 22 heavy (non-hydrogen) atoms. The van der Waals surface area contributed by atoms with Crippen molar-refractivity contribution in [3.63, 3.8) is 0 Å². The number of aliphatic hydroxyl groups is 1. The molecule has 0 heterocycles. The first-order chi connectivity index (χ1) is 10.5. The van der Waals surface area contributed by atoms with Gasteiger partial charge in [-0.15, -0.1) is 0 Å². The molecule has 1 unspecified atom stereocenters. The molecule has 0 fully saturated rings. The van der Waals surface area contributed by atoms with Crippen LogP contribution >= 0.6 is 0 Å². The number of carbonyl (C=O) groups is 1. The van der Waals surface area contributed by atoms with E-state index in [0.717, 1.165) is 12.0 Å². The molecule has 2 aromatic carbocycles. The van der Waals surface area contributed by atoms with E-state index in [4.69, 9.17) is 0 Å². The van der Waals surface area contributed by atoms with Gasteiger partial charge in [-0.1, -0.05) is 48.0 Å². The number of hydrogen-bond donors (Lipinski definition) is 2. The van der Waals surface area contributed by atoms with Gasteiger partial charge in [0.15, 0.2) is 0 Å². The second kappa shape index (κ2) is 7.23. The van der Waals surface area contributed by atoms with E-state index in [0.29, 0.717) is 12.0 Å². The molecule has 2 rings (SSSR count). The minimum absolute atomic E-state index is 0.149. The molecule has 0 aliphatic heterocycles. The van der Waals surface area contributed by atoms with Gasteiger partial charge in [0.2, 0.25) is 0 Å². The van der Waals surface area contributed by atoms with Gasteiger partial charge in [0.05, 0.1) is 5.60 Å². The molecule has 0 bridgehead atoms. The molecule has 1 atom stereocenters. The first-order valence-electron chi connectivity index (χ1n) is 7.57. The Morgan fingerprint density at radius 1 is 1.14 bits per heavy atom. The quantitative estimate of drug-likeness (QED) is 0.860. The molecular weight excluding hydrogens is 274 g/mol. The summed E-state index contributed by atoms with van der Waals surface area (Å²) in [4.78, 5) is 12.1. The van der Waals surface area contributed by atoms with Crippen molar-refractivity contribution >= 4 is 5.91 Å². The van der Waals surface area contributed by atoms with Crippen LogP contribution in [0.4, 0.5) is 0 Å². The molecule has 2 aromatic rings. The van der Waals surface area contributed by atoms with E-state index in [2.05, 4.69) is 5.32 Å². The number of rotatable bonds is 6. The molecule has 3 heteroatoms. The molecule has 0 aromatic heterocycles. The summed E-state index contributed by atoms with van der Waals surface area (Å²) >= 11 is 0. The van der Waals surface area contributed by atoms with Crippen LogP contribution in [0.15, 0.2) is 54.6 Å². The van der Waals surface area contributed by atoms with Gasteiger partial charge in [-0.25, -0.2) is 0 Å². The molecule has 0 aliphatic carbocycles. The van der Waals surface area contributed by atoms with Crippen LogP contribution in [0.25, 0.3) is 0 Å². The Morgan fingerprint density at radius 3 is 2.55 bits per heavy atom. The lowest BCUT2D eigenvalue weighted by Gasteiger charge is -2.23. The van der Waals surface area contributed by atoms with Gasteiger partial charge in [0.25, 0.3) is 5.91 Å². The van der Waals surface area contributed by atoms with Gasteiger partial charge >= 0.3 is 0 Å². The standard InChI is InChI=1S/C19H23NO2/c1-15-7-6-10-17(13-15)18(21)20-14-19(2,22)12-11-16-8-4-3-5-9-16/h3-10,13,22H,11-12,14H2,1-2H3,(H,20,21). The average molecular weight is 297 g/mol. The van der Waals surface area contributed by atoms with Crippen LogP contribution in [0.2, 0.25) is 0 Å². The molecule has 1 amide bonds. The first-order valence-corrected chi connectivity index (χ1v) is 7.57. The second-order valence-electron chi connectivity index (χ2n) is 6.03. The Hall–Kier alpha value is -2.13. The fourth-order valence-corrected chi connectivity index (χ4v) is 2.31. The van der Waals surface area contributed by atoms with Gasteiger partial charge in [-0.2, -0.15) is 0 Å². The molecule has 0 saturated carbocycles. The van der Waals surface area contributed by atoms with Crippen molar-refractivity contribution < 1.29 is 9.90 Å². The van der Waals surface area contributed by atoms with Crippen LogP contribution in [-0.2, 0) is 6.42 Å². The van der Waals surface area contributed by atoms with E-state index in [1.807, 2.05) is 55.5 Å². The van der Waals surface area contributed by atoms with Gasteiger partial charge in [0.1, 0.15) is 0 Å². The van der Waals surface area contributed by atoms with Crippen molar-refractivity contribution in [3.05, 3.63) is 71.3 Å². The van der Waals surface area contributed by atoms with Crippen molar-refractivity contribution in [2.75, 3.05) is 6.54 Å². The van der Waals surface area contributed by atoms with Crippen LogP contribution in [0, 0.1) is 6.92 Å². The number of aryl methyl sites for hydroxylation is 2. The largest absolute Gasteiger partial charge is 0.388 e. The summed E-state index contributed by atoms with van der Waals surface area (Å²) in [5.74, 6) is -0.149. The lowest BCUT2D eigenvalue weighted by molar-refractivity contribution is 0.0478. The predicted molar refractivity (Wildman–Crippen MR) is 88.9 cm³/mol. The summed E-state index contributed by atoms with van der Waals surface area (Å²) in [6.07, 6.45) is 1.39. The maximum Gasteiger partial charge on any atom is 0.251 e. The number of amides is 1. The summed E-state index contributed by atoms with van der Waals surface area (Å²) in [6.45, 7) is 3.95. The van der Waals surface area contributed by atoms with Gasteiger partial charge < -0.3 is 10.4 Å². The monoisotopic (exact) mass is 297 g/mol. The third-order valence-electron chi connectivity index (χ3n) is 3.71. The van der Waals surface area contributed by atoms with Crippen LogP contribution in [0.1, 0.15) is 34.8 Å². The van der Waals surface area contributed by atoms with Crippen molar-refractivity contribution in [1.29, 1.82) is 0 Å². The normalized spacial score (nSPS) is 13.4. The van der Waals surface area contributed by atoms with E-state index in [1.165, 1.54) is 5.56 Å². The number of benzene rings is 2. The zero-order valence-electron chi connectivity index (χ0n) is 13.2. The Balaban J connectivity index is 1.85. The summed E-state index contributed by atoms with van der Waals surface area (Å²) in [5.41, 5.74) is 1.94. The molecule has 2 N–H and O–H groups in total. The summed E-state index contributed by atoms with van der Waals surface area (Å²) in [5, 5.41) is 13.2. The van der Waals surface area contributed by atoms with Crippen molar-refractivity contribution in [2.45, 2.75) is 32.3 Å². The third kappa shape index (κ3) is 5.01. The van der Waals surface area contributed by atoms with Crippen molar-refractivity contribution in [1.82, 2.24) is 5.32 Å². The highest BCUT2D eigenvalue weighted by Crippen LogP contribution is 2.13. The molecule has 0 radical (unpaired) electrons. The highest BCUT2D eigenvalue weighted by molar-refractivity contribution is 5.94. The Labute approximate surface area is 132 Å². The Morgan fingerprint density at radius 2 is 1.86 bits per heavy atom. The van der Waals surface area contributed by atoms with E-state index < -0.39 is 5.60 Å². The maximum absolute atomic E-state index is 12.1. The van der Waals surface area contributed by atoms with Crippen molar-refractivity contribution in [3.8, 4) is 0 Å². The SMILES string of the molecule is Cc1cccc(C(=O)NCC(C)(O)CCc2ccccc2)c1. The average Bonchev–Trinajstić information content (AvgIpc) is 2.52. The van der Waals surface area contributed by atoms with E-state index in [-0.39, 0.29) is 12.5 Å². The molecular formula is C19H23NO2. The van der Waals surface area contributed by atoms with Crippen molar-refractivity contribution in [2.24, 2.45) is 0 Å². The summed E-state index contributed by atoms with van der Waals surface area (Å²) < 4.78 is 0. The molecule has 0 spiro atoms. The van der Waals surface area contributed by atoms with Gasteiger partial charge in [0, 0.05) is 12.1 Å². The minimum atomic E-state index is -0.921. The fourth-order valence-electron chi connectivity index (χ4n) is 2.31. The predicted octanol–water partition coefficient (Wildman–Crippen LogP) is 3.11. The highest BCUT2D eigenvalue weighted by atomic mass is 16.3. The van der Waals surface area contributed by atoms with Gasteiger partial charge in [-0.05, 0) is 44.4 Å². The molecule has 0 aliphatic rings. The lowest BCUT2D eigenvalue weighted by atomic mass is 9.96. The summed E-state index contributed by atoms with van der Waals surface area (Å²) in [7, 11) is 0. The number of hydrogen-bond acceptors (Lipinski definition) is 2.